The number of hydrogen-bond donors (Lipinski definition) is 1. The first-order chi connectivity index (χ1) is 14.8. The molecule has 0 atom stereocenters. The highest BCUT2D eigenvalue weighted by atomic mass is 16.6. The first kappa shape index (κ1) is 21.2. The van der Waals surface area contributed by atoms with E-state index < -0.39 is 5.60 Å². The van der Waals surface area contributed by atoms with E-state index in [-0.39, 0.29) is 6.09 Å². The van der Waals surface area contributed by atoms with Crippen LogP contribution in [-0.4, -0.2) is 45.3 Å². The van der Waals surface area contributed by atoms with Crippen LogP contribution in [0.15, 0.2) is 48.5 Å². The molecule has 1 aliphatic rings. The van der Waals surface area contributed by atoms with Crippen LogP contribution >= 0.6 is 0 Å². The van der Waals surface area contributed by atoms with Crippen molar-refractivity contribution in [2.24, 2.45) is 0 Å². The van der Waals surface area contributed by atoms with Gasteiger partial charge in [0.05, 0.1) is 11.0 Å². The van der Waals surface area contributed by atoms with Crippen LogP contribution < -0.4 is 5.32 Å². The minimum absolute atomic E-state index is 0.211. The van der Waals surface area contributed by atoms with Crippen LogP contribution in [0, 0.1) is 6.92 Å². The average Bonchev–Trinajstić information content (AvgIpc) is 3.04. The molecule has 6 heteroatoms. The van der Waals surface area contributed by atoms with Crippen LogP contribution in [0.4, 0.5) is 10.5 Å². The van der Waals surface area contributed by atoms with E-state index in [1.807, 2.05) is 31.7 Å². The van der Waals surface area contributed by atoms with Crippen molar-refractivity contribution in [2.45, 2.75) is 58.7 Å². The molecule has 0 saturated carbocycles. The van der Waals surface area contributed by atoms with Crippen molar-refractivity contribution in [3.8, 4) is 0 Å². The Hall–Kier alpha value is -3.02. The Balaban J connectivity index is 1.32. The Labute approximate surface area is 184 Å². The predicted molar refractivity (Wildman–Crippen MR) is 124 cm³/mol. The van der Waals surface area contributed by atoms with E-state index in [9.17, 15) is 4.79 Å². The summed E-state index contributed by atoms with van der Waals surface area (Å²) in [6, 6.07) is 17.3. The molecule has 2 aromatic carbocycles. The van der Waals surface area contributed by atoms with Crippen molar-refractivity contribution in [2.75, 3.05) is 18.4 Å². The Morgan fingerprint density at radius 3 is 2.45 bits per heavy atom. The topological polar surface area (TPSA) is 59.4 Å². The number of nitrogens with one attached hydrogen (secondary N) is 1. The van der Waals surface area contributed by atoms with Crippen molar-refractivity contribution in [3.05, 3.63) is 59.9 Å². The van der Waals surface area contributed by atoms with Gasteiger partial charge >= 0.3 is 6.09 Å². The van der Waals surface area contributed by atoms with Crippen LogP contribution in [0.3, 0.4) is 0 Å². The zero-order valence-electron chi connectivity index (χ0n) is 18.9. The Kier molecular flexibility index (Phi) is 5.90. The van der Waals surface area contributed by atoms with Gasteiger partial charge in [0, 0.05) is 31.4 Å². The predicted octanol–water partition coefficient (Wildman–Crippen LogP) is 5.20. The second kappa shape index (κ2) is 8.61. The number of carbonyl (C=O) groups is 1. The van der Waals surface area contributed by atoms with Gasteiger partial charge in [0.1, 0.15) is 11.4 Å². The number of para-hydroxylation sites is 2. The molecule has 0 aliphatic carbocycles. The van der Waals surface area contributed by atoms with E-state index in [2.05, 4.69) is 64.3 Å². The lowest BCUT2D eigenvalue weighted by Crippen LogP contribution is -2.44. The Morgan fingerprint density at radius 1 is 1.10 bits per heavy atom. The zero-order chi connectivity index (χ0) is 22.0. The summed E-state index contributed by atoms with van der Waals surface area (Å²) in [4.78, 5) is 18.7. The molecule has 1 N–H and O–H groups in total. The van der Waals surface area contributed by atoms with Gasteiger partial charge in [-0.3, -0.25) is 0 Å². The highest BCUT2D eigenvalue weighted by Gasteiger charge is 2.26. The van der Waals surface area contributed by atoms with Gasteiger partial charge in [0.25, 0.3) is 0 Å². The lowest BCUT2D eigenvalue weighted by molar-refractivity contribution is 0.0210. The second-order valence-corrected chi connectivity index (χ2v) is 9.32. The standard InChI is InChI=1S/C25H32N4O2/c1-18-26-22-7-5-6-8-23(22)29(18)17-19-9-11-20(12-10-19)27-21-13-15-28(16-14-21)24(30)31-25(2,3)4/h5-12,21,27H,13-17H2,1-4H3. The molecule has 2 heterocycles. The molecule has 4 rings (SSSR count). The fourth-order valence-electron chi connectivity index (χ4n) is 4.05. The molecule has 1 aliphatic heterocycles. The van der Waals surface area contributed by atoms with Gasteiger partial charge in [-0.15, -0.1) is 0 Å². The zero-order valence-corrected chi connectivity index (χ0v) is 18.9. The second-order valence-electron chi connectivity index (χ2n) is 9.32. The summed E-state index contributed by atoms with van der Waals surface area (Å²) in [5.74, 6) is 1.03. The molecule has 0 spiro atoms. The van der Waals surface area contributed by atoms with E-state index in [1.165, 1.54) is 11.1 Å². The number of rotatable bonds is 4. The number of likely N-dealkylation sites (tertiary alicyclic amines) is 1. The summed E-state index contributed by atoms with van der Waals surface area (Å²) in [6.07, 6.45) is 1.63. The normalized spacial score (nSPS) is 15.3. The molecule has 31 heavy (non-hydrogen) atoms. The first-order valence-corrected chi connectivity index (χ1v) is 11.0. The van der Waals surface area contributed by atoms with E-state index in [0.29, 0.717) is 6.04 Å². The third-order valence-corrected chi connectivity index (χ3v) is 5.66. The largest absolute Gasteiger partial charge is 0.444 e. The van der Waals surface area contributed by atoms with Crippen LogP contribution in [0.1, 0.15) is 45.0 Å². The summed E-state index contributed by atoms with van der Waals surface area (Å²) in [5, 5.41) is 3.62. The maximum Gasteiger partial charge on any atom is 0.410 e. The highest BCUT2D eigenvalue weighted by Crippen LogP contribution is 2.21. The number of amides is 1. The number of nitrogens with zero attached hydrogens (tertiary/aromatic N) is 3. The van der Waals surface area contributed by atoms with Gasteiger partial charge in [-0.05, 0) is 70.4 Å². The number of imidazole rings is 1. The number of hydrogen-bond acceptors (Lipinski definition) is 4. The van der Waals surface area contributed by atoms with Gasteiger partial charge in [-0.2, -0.15) is 0 Å². The molecule has 0 radical (unpaired) electrons. The van der Waals surface area contributed by atoms with Crippen molar-refractivity contribution in [1.82, 2.24) is 14.5 Å². The SMILES string of the molecule is Cc1nc2ccccc2n1Cc1ccc(NC2CCN(C(=O)OC(C)(C)C)CC2)cc1. The van der Waals surface area contributed by atoms with Gasteiger partial charge in [0.15, 0.2) is 0 Å². The molecule has 3 aromatic rings. The summed E-state index contributed by atoms with van der Waals surface area (Å²) in [7, 11) is 0. The third-order valence-electron chi connectivity index (χ3n) is 5.66. The van der Waals surface area contributed by atoms with E-state index in [1.54, 1.807) is 0 Å². The average molecular weight is 421 g/mol. The van der Waals surface area contributed by atoms with E-state index in [4.69, 9.17) is 4.74 Å². The maximum atomic E-state index is 12.2. The lowest BCUT2D eigenvalue weighted by atomic mass is 10.0. The molecular weight excluding hydrogens is 388 g/mol. The third kappa shape index (κ3) is 5.19. The molecule has 6 nitrogen and oxygen atoms in total. The maximum absolute atomic E-state index is 12.2. The number of ether oxygens (including phenoxy) is 1. The summed E-state index contributed by atoms with van der Waals surface area (Å²) in [5.41, 5.74) is 4.12. The fourth-order valence-corrected chi connectivity index (χ4v) is 4.05. The molecule has 1 aromatic heterocycles. The Morgan fingerprint density at radius 2 is 1.77 bits per heavy atom. The molecule has 1 amide bonds. The molecule has 1 saturated heterocycles. The number of piperidine rings is 1. The molecule has 0 bridgehead atoms. The molecule has 1 fully saturated rings. The molecule has 0 unspecified atom stereocenters. The van der Waals surface area contributed by atoms with E-state index in [0.717, 1.165) is 49.5 Å². The minimum Gasteiger partial charge on any atom is -0.444 e. The van der Waals surface area contributed by atoms with Crippen LogP contribution in [0.2, 0.25) is 0 Å². The highest BCUT2D eigenvalue weighted by molar-refractivity contribution is 5.76. The van der Waals surface area contributed by atoms with Crippen LogP contribution in [0.5, 0.6) is 0 Å². The van der Waals surface area contributed by atoms with Crippen LogP contribution in [0.25, 0.3) is 11.0 Å². The van der Waals surface area contributed by atoms with Gasteiger partial charge in [-0.1, -0.05) is 24.3 Å². The minimum atomic E-state index is -0.449. The van der Waals surface area contributed by atoms with Crippen molar-refractivity contribution >= 4 is 22.8 Å². The summed E-state index contributed by atoms with van der Waals surface area (Å²) >= 11 is 0. The lowest BCUT2D eigenvalue weighted by Gasteiger charge is -2.34. The number of aromatic nitrogens is 2. The Bertz CT molecular complexity index is 1040. The summed E-state index contributed by atoms with van der Waals surface area (Å²) < 4.78 is 7.74. The van der Waals surface area contributed by atoms with Gasteiger partial charge in [0.2, 0.25) is 0 Å². The fraction of sp³-hybridized carbons (Fsp3) is 0.440. The number of fused-ring (bicyclic) bond motifs is 1. The van der Waals surface area contributed by atoms with Gasteiger partial charge < -0.3 is 19.5 Å². The van der Waals surface area contributed by atoms with Crippen molar-refractivity contribution < 1.29 is 9.53 Å². The van der Waals surface area contributed by atoms with E-state index >= 15 is 0 Å². The van der Waals surface area contributed by atoms with Crippen molar-refractivity contribution in [1.29, 1.82) is 0 Å². The molecular formula is C25H32N4O2. The molecule has 164 valence electrons. The monoisotopic (exact) mass is 420 g/mol. The van der Waals surface area contributed by atoms with Crippen LogP contribution in [-0.2, 0) is 11.3 Å². The number of aryl methyl sites for hydroxylation is 1. The quantitative estimate of drug-likeness (QED) is 0.630. The first-order valence-electron chi connectivity index (χ1n) is 11.0. The number of carbonyl (C=O) groups excluding carboxylic acids is 1. The van der Waals surface area contributed by atoms with Gasteiger partial charge in [-0.25, -0.2) is 9.78 Å². The smallest absolute Gasteiger partial charge is 0.410 e. The summed E-state index contributed by atoms with van der Waals surface area (Å²) in [6.45, 7) is 10.0. The number of benzene rings is 2. The van der Waals surface area contributed by atoms with Crippen molar-refractivity contribution in [3.63, 3.8) is 0 Å². The number of anilines is 1.